The van der Waals surface area contributed by atoms with E-state index in [1.807, 2.05) is 5.38 Å². The van der Waals surface area contributed by atoms with E-state index >= 15 is 0 Å². The standard InChI is InChI=1S/C9H14BrNOS/c1-3-4-7(2)5-12-9-11-8(10)6-13-9/h6-7H,3-5H2,1-2H3. The van der Waals surface area contributed by atoms with Crippen LogP contribution in [0.15, 0.2) is 9.98 Å². The van der Waals surface area contributed by atoms with Gasteiger partial charge in [0.1, 0.15) is 4.60 Å². The van der Waals surface area contributed by atoms with Crippen molar-refractivity contribution in [3.63, 3.8) is 0 Å². The van der Waals surface area contributed by atoms with E-state index in [9.17, 15) is 0 Å². The van der Waals surface area contributed by atoms with Crippen LogP contribution >= 0.6 is 27.3 Å². The van der Waals surface area contributed by atoms with E-state index in [2.05, 4.69) is 34.8 Å². The number of aromatic nitrogens is 1. The van der Waals surface area contributed by atoms with Crippen molar-refractivity contribution in [2.24, 2.45) is 5.92 Å². The zero-order chi connectivity index (χ0) is 9.68. The normalized spacial score (nSPS) is 12.8. The Morgan fingerprint density at radius 2 is 2.46 bits per heavy atom. The molecule has 1 heterocycles. The van der Waals surface area contributed by atoms with E-state index in [-0.39, 0.29) is 0 Å². The summed E-state index contributed by atoms with van der Waals surface area (Å²) in [5.74, 6) is 0.618. The third-order valence-electron chi connectivity index (χ3n) is 1.73. The Morgan fingerprint density at radius 3 is 3.00 bits per heavy atom. The summed E-state index contributed by atoms with van der Waals surface area (Å²) in [7, 11) is 0. The Bertz CT molecular complexity index is 252. The number of nitrogens with zero attached hydrogens (tertiary/aromatic N) is 1. The number of halogens is 1. The van der Waals surface area contributed by atoms with Gasteiger partial charge in [0.2, 0.25) is 0 Å². The number of thiazole rings is 1. The maximum absolute atomic E-state index is 5.52. The Labute approximate surface area is 91.5 Å². The molecular formula is C9H14BrNOS. The van der Waals surface area contributed by atoms with E-state index in [1.165, 1.54) is 24.2 Å². The molecule has 0 saturated heterocycles. The molecule has 4 heteroatoms. The van der Waals surface area contributed by atoms with E-state index in [0.717, 1.165) is 16.4 Å². The van der Waals surface area contributed by atoms with Gasteiger partial charge in [-0.05, 0) is 28.3 Å². The molecule has 1 unspecified atom stereocenters. The smallest absolute Gasteiger partial charge is 0.274 e. The van der Waals surface area contributed by atoms with Gasteiger partial charge in [-0.2, -0.15) is 4.98 Å². The fourth-order valence-corrected chi connectivity index (χ4v) is 2.19. The monoisotopic (exact) mass is 263 g/mol. The predicted molar refractivity (Wildman–Crippen MR) is 59.4 cm³/mol. The van der Waals surface area contributed by atoms with Gasteiger partial charge in [0.25, 0.3) is 5.19 Å². The van der Waals surface area contributed by atoms with E-state index in [0.29, 0.717) is 5.92 Å². The average Bonchev–Trinajstić information content (AvgIpc) is 2.49. The molecule has 1 rings (SSSR count). The lowest BCUT2D eigenvalue weighted by Crippen LogP contribution is -2.07. The van der Waals surface area contributed by atoms with E-state index in [4.69, 9.17) is 4.74 Å². The molecule has 0 fully saturated rings. The molecule has 2 nitrogen and oxygen atoms in total. The van der Waals surface area contributed by atoms with Crippen molar-refractivity contribution in [2.75, 3.05) is 6.61 Å². The van der Waals surface area contributed by atoms with Crippen LogP contribution in [0.5, 0.6) is 5.19 Å². The van der Waals surface area contributed by atoms with Gasteiger partial charge in [-0.15, -0.1) is 0 Å². The van der Waals surface area contributed by atoms with Crippen LogP contribution in [0.4, 0.5) is 0 Å². The van der Waals surface area contributed by atoms with Crippen LogP contribution in [-0.4, -0.2) is 11.6 Å². The minimum Gasteiger partial charge on any atom is -0.470 e. The second-order valence-corrected chi connectivity index (χ2v) is 4.77. The molecule has 0 amide bonds. The number of ether oxygens (including phenoxy) is 1. The molecule has 13 heavy (non-hydrogen) atoms. The Morgan fingerprint density at radius 1 is 1.69 bits per heavy atom. The molecule has 0 spiro atoms. The molecule has 0 saturated carbocycles. The van der Waals surface area contributed by atoms with Crippen LogP contribution in [0.3, 0.4) is 0 Å². The number of hydrogen-bond acceptors (Lipinski definition) is 3. The van der Waals surface area contributed by atoms with Crippen molar-refractivity contribution in [1.29, 1.82) is 0 Å². The zero-order valence-electron chi connectivity index (χ0n) is 7.92. The molecule has 0 aliphatic rings. The van der Waals surface area contributed by atoms with Gasteiger partial charge in [0.05, 0.1) is 6.61 Å². The van der Waals surface area contributed by atoms with E-state index < -0.39 is 0 Å². The summed E-state index contributed by atoms with van der Waals surface area (Å²) in [6, 6.07) is 0. The fraction of sp³-hybridized carbons (Fsp3) is 0.667. The minimum absolute atomic E-state index is 0.618. The summed E-state index contributed by atoms with van der Waals surface area (Å²) < 4.78 is 6.38. The first-order chi connectivity index (χ1) is 6.22. The van der Waals surface area contributed by atoms with Gasteiger partial charge in [-0.25, -0.2) is 0 Å². The van der Waals surface area contributed by atoms with Crippen LogP contribution < -0.4 is 4.74 Å². The Balaban J connectivity index is 2.26. The van der Waals surface area contributed by atoms with Crippen molar-refractivity contribution in [3.05, 3.63) is 9.98 Å². The lowest BCUT2D eigenvalue weighted by molar-refractivity contribution is 0.250. The highest BCUT2D eigenvalue weighted by Crippen LogP contribution is 2.22. The SMILES string of the molecule is CCCC(C)COc1nc(Br)cs1. The topological polar surface area (TPSA) is 22.1 Å². The molecule has 0 radical (unpaired) electrons. The van der Waals surface area contributed by atoms with Crippen molar-refractivity contribution < 1.29 is 4.74 Å². The van der Waals surface area contributed by atoms with Gasteiger partial charge in [0.15, 0.2) is 0 Å². The van der Waals surface area contributed by atoms with Crippen LogP contribution in [-0.2, 0) is 0 Å². The second kappa shape index (κ2) is 5.60. The quantitative estimate of drug-likeness (QED) is 0.808. The minimum atomic E-state index is 0.618. The van der Waals surface area contributed by atoms with Crippen molar-refractivity contribution in [1.82, 2.24) is 4.98 Å². The summed E-state index contributed by atoms with van der Waals surface area (Å²) in [6.45, 7) is 5.16. The second-order valence-electron chi connectivity index (χ2n) is 3.14. The van der Waals surface area contributed by atoms with Gasteiger partial charge >= 0.3 is 0 Å². The molecule has 0 aliphatic carbocycles. The first-order valence-corrected chi connectivity index (χ1v) is 6.13. The highest BCUT2D eigenvalue weighted by Gasteiger charge is 2.04. The van der Waals surface area contributed by atoms with Crippen LogP contribution in [0, 0.1) is 5.92 Å². The highest BCUT2D eigenvalue weighted by molar-refractivity contribution is 9.10. The van der Waals surface area contributed by atoms with Gasteiger partial charge < -0.3 is 4.74 Å². The van der Waals surface area contributed by atoms with Gasteiger partial charge in [0, 0.05) is 5.38 Å². The molecule has 0 bridgehead atoms. The van der Waals surface area contributed by atoms with E-state index in [1.54, 1.807) is 0 Å². The van der Waals surface area contributed by atoms with Crippen LogP contribution in [0.25, 0.3) is 0 Å². The van der Waals surface area contributed by atoms with Crippen molar-refractivity contribution in [2.45, 2.75) is 26.7 Å². The highest BCUT2D eigenvalue weighted by atomic mass is 79.9. The van der Waals surface area contributed by atoms with Gasteiger partial charge in [-0.1, -0.05) is 31.6 Å². The fourth-order valence-electron chi connectivity index (χ4n) is 1.09. The number of rotatable bonds is 5. The van der Waals surface area contributed by atoms with Gasteiger partial charge in [-0.3, -0.25) is 0 Å². The molecular weight excluding hydrogens is 250 g/mol. The van der Waals surface area contributed by atoms with Crippen molar-refractivity contribution >= 4 is 27.3 Å². The average molecular weight is 264 g/mol. The summed E-state index contributed by atoms with van der Waals surface area (Å²) in [5, 5.41) is 2.69. The Kier molecular flexibility index (Phi) is 4.73. The molecule has 1 aromatic heterocycles. The third kappa shape index (κ3) is 4.09. The maximum Gasteiger partial charge on any atom is 0.274 e. The predicted octanol–water partition coefficient (Wildman–Crippen LogP) is 3.72. The van der Waals surface area contributed by atoms with Crippen LogP contribution in [0.2, 0.25) is 0 Å². The largest absolute Gasteiger partial charge is 0.470 e. The Hall–Kier alpha value is -0.0900. The lowest BCUT2D eigenvalue weighted by Gasteiger charge is -2.09. The molecule has 1 aromatic rings. The summed E-state index contributed by atoms with van der Waals surface area (Å²) in [5.41, 5.74) is 0. The molecule has 0 aromatic carbocycles. The molecule has 1 atom stereocenters. The maximum atomic E-state index is 5.52. The summed E-state index contributed by atoms with van der Waals surface area (Å²) in [4.78, 5) is 4.16. The molecule has 0 N–H and O–H groups in total. The first-order valence-electron chi connectivity index (χ1n) is 4.46. The summed E-state index contributed by atoms with van der Waals surface area (Å²) in [6.07, 6.45) is 2.43. The number of hydrogen-bond donors (Lipinski definition) is 0. The summed E-state index contributed by atoms with van der Waals surface area (Å²) >= 11 is 4.82. The third-order valence-corrected chi connectivity index (χ3v) is 3.19. The molecule has 74 valence electrons. The first kappa shape index (κ1) is 11.0. The molecule has 0 aliphatic heterocycles. The zero-order valence-corrected chi connectivity index (χ0v) is 10.3. The lowest BCUT2D eigenvalue weighted by atomic mass is 10.1. The van der Waals surface area contributed by atoms with Crippen molar-refractivity contribution in [3.8, 4) is 5.19 Å². The van der Waals surface area contributed by atoms with Crippen LogP contribution in [0.1, 0.15) is 26.7 Å².